The van der Waals surface area contributed by atoms with Crippen molar-refractivity contribution < 1.29 is 9.22 Å². The van der Waals surface area contributed by atoms with E-state index >= 15 is 0 Å². The highest BCUT2D eigenvalue weighted by Crippen LogP contribution is 2.41. The summed E-state index contributed by atoms with van der Waals surface area (Å²) < 4.78 is 5.46. The Hall–Kier alpha value is -0.153. The molecule has 0 aromatic heterocycles. The van der Waals surface area contributed by atoms with Crippen LogP contribution in [-0.2, 0) is 9.22 Å². The molecule has 0 radical (unpaired) electrons. The number of rotatable bonds is 5. The van der Waals surface area contributed by atoms with Crippen molar-refractivity contribution >= 4 is 16.8 Å². The second-order valence-electron chi connectivity index (χ2n) is 5.20. The van der Waals surface area contributed by atoms with Gasteiger partial charge >= 0.3 is 0 Å². The zero-order valence-electron chi connectivity index (χ0n) is 10.5. The Morgan fingerprint density at radius 2 is 1.64 bits per heavy atom. The second-order valence-corrected chi connectivity index (χ2v) is 5.61. The van der Waals surface area contributed by atoms with Crippen LogP contribution in [0.3, 0.4) is 0 Å². The number of carbonyl (C=O) groups excluding carboxylic acids is 1. The molecule has 0 bridgehead atoms. The summed E-state index contributed by atoms with van der Waals surface area (Å²) in [7, 11) is 0.603. The Balaban J connectivity index is 4.92. The molecule has 0 heterocycles. The number of hydrogen-bond donors (Lipinski definition) is 0. The van der Waals surface area contributed by atoms with Crippen molar-refractivity contribution in [1.29, 1.82) is 0 Å². The Kier molecular flexibility index (Phi) is 4.53. The highest BCUT2D eigenvalue weighted by molar-refractivity contribution is 5.99. The average molecular weight is 216 g/mol. The van der Waals surface area contributed by atoms with E-state index in [0.29, 0.717) is 16.4 Å². The van der Waals surface area contributed by atoms with Crippen molar-refractivity contribution in [2.45, 2.75) is 47.1 Å². The van der Waals surface area contributed by atoms with Crippen molar-refractivity contribution in [3.8, 4) is 0 Å². The van der Waals surface area contributed by atoms with Gasteiger partial charge < -0.3 is 9.22 Å². The van der Waals surface area contributed by atoms with Gasteiger partial charge in [0.05, 0.1) is 0 Å². The topological polar surface area (TPSA) is 26.3 Å². The quantitative estimate of drug-likeness (QED) is 0.515. The fourth-order valence-electron chi connectivity index (χ4n) is 1.57. The minimum absolute atomic E-state index is 0.111. The first-order chi connectivity index (χ1) is 6.22. The van der Waals surface area contributed by atoms with E-state index in [-0.39, 0.29) is 11.3 Å². The summed E-state index contributed by atoms with van der Waals surface area (Å²) in [4.78, 5) is 11.1. The largest absolute Gasteiger partial charge is 0.416 e. The molecule has 14 heavy (non-hydrogen) atoms. The summed E-state index contributed by atoms with van der Waals surface area (Å²) >= 11 is 0. The summed E-state index contributed by atoms with van der Waals surface area (Å²) in [5.74, 6) is 0.763. The normalized spacial score (nSPS) is 19.4. The summed E-state index contributed by atoms with van der Waals surface area (Å²) in [6.45, 7) is 12.8. The lowest BCUT2D eigenvalue weighted by Gasteiger charge is -2.43. The van der Waals surface area contributed by atoms with E-state index in [1.165, 1.54) is 0 Å². The van der Waals surface area contributed by atoms with Crippen LogP contribution in [0.15, 0.2) is 0 Å². The smallest absolute Gasteiger partial charge is 0.150 e. The zero-order chi connectivity index (χ0) is 11.6. The van der Waals surface area contributed by atoms with E-state index in [1.54, 1.807) is 0 Å². The fraction of sp³-hybridized carbons (Fsp3) is 0.909. The Morgan fingerprint density at radius 3 is 1.86 bits per heavy atom. The molecule has 0 rings (SSSR count). The van der Waals surface area contributed by atoms with Crippen LogP contribution >= 0.6 is 0 Å². The van der Waals surface area contributed by atoms with Crippen LogP contribution in [0.25, 0.3) is 0 Å². The molecule has 0 N–H and O–H groups in total. The van der Waals surface area contributed by atoms with Crippen molar-refractivity contribution in [3.05, 3.63) is 0 Å². The first kappa shape index (κ1) is 13.8. The standard InChI is InChI=1S/C11H24O2Si/c1-8(2)10(4,5)9(3)11(6,7-12)13-14/h7-9H,1-6,14H3. The summed E-state index contributed by atoms with van der Waals surface area (Å²) in [5, 5.41) is 0. The van der Waals surface area contributed by atoms with E-state index in [9.17, 15) is 4.79 Å². The lowest BCUT2D eigenvalue weighted by atomic mass is 9.66. The predicted molar refractivity (Wildman–Crippen MR) is 63.3 cm³/mol. The number of carbonyl (C=O) groups is 1. The van der Waals surface area contributed by atoms with Gasteiger partial charge in [0.1, 0.15) is 16.1 Å². The van der Waals surface area contributed by atoms with Crippen LogP contribution in [0.2, 0.25) is 0 Å². The first-order valence-corrected chi connectivity index (χ1v) is 6.05. The van der Waals surface area contributed by atoms with Crippen LogP contribution in [0.1, 0.15) is 41.5 Å². The molecule has 0 fully saturated rings. The molecule has 0 aromatic carbocycles. The zero-order valence-corrected chi connectivity index (χ0v) is 12.5. The monoisotopic (exact) mass is 216 g/mol. The minimum Gasteiger partial charge on any atom is -0.416 e. The molecule has 84 valence electrons. The minimum atomic E-state index is -0.611. The maximum absolute atomic E-state index is 11.1. The van der Waals surface area contributed by atoms with Crippen molar-refractivity contribution in [2.75, 3.05) is 0 Å². The molecule has 0 spiro atoms. The van der Waals surface area contributed by atoms with Gasteiger partial charge in [0.25, 0.3) is 0 Å². The van der Waals surface area contributed by atoms with Gasteiger partial charge in [0, 0.05) is 0 Å². The molecule has 0 aliphatic carbocycles. The van der Waals surface area contributed by atoms with E-state index in [1.807, 2.05) is 6.92 Å². The summed E-state index contributed by atoms with van der Waals surface area (Å²) in [6, 6.07) is 0. The van der Waals surface area contributed by atoms with Gasteiger partial charge in [-0.2, -0.15) is 0 Å². The molecule has 0 aromatic rings. The maximum atomic E-state index is 11.1. The summed E-state index contributed by atoms with van der Waals surface area (Å²) in [6.07, 6.45) is 0.953. The van der Waals surface area contributed by atoms with E-state index < -0.39 is 5.60 Å². The highest BCUT2D eigenvalue weighted by Gasteiger charge is 2.41. The molecule has 2 nitrogen and oxygen atoms in total. The molecular weight excluding hydrogens is 192 g/mol. The van der Waals surface area contributed by atoms with Gasteiger partial charge in [-0.25, -0.2) is 0 Å². The lowest BCUT2D eigenvalue weighted by molar-refractivity contribution is -0.129. The van der Waals surface area contributed by atoms with Gasteiger partial charge in [0.2, 0.25) is 0 Å². The molecule has 2 atom stereocenters. The van der Waals surface area contributed by atoms with Gasteiger partial charge in [-0.05, 0) is 24.2 Å². The number of hydrogen-bond acceptors (Lipinski definition) is 2. The highest BCUT2D eigenvalue weighted by atomic mass is 28.2. The Morgan fingerprint density at radius 1 is 1.21 bits per heavy atom. The third-order valence-electron chi connectivity index (χ3n) is 4.14. The molecule has 0 aliphatic heterocycles. The van der Waals surface area contributed by atoms with Crippen molar-refractivity contribution in [3.63, 3.8) is 0 Å². The molecular formula is C11H24O2Si. The Bertz CT molecular complexity index is 201. The van der Waals surface area contributed by atoms with E-state index in [2.05, 4.69) is 34.6 Å². The van der Waals surface area contributed by atoms with E-state index in [4.69, 9.17) is 4.43 Å². The molecule has 0 saturated heterocycles. The van der Waals surface area contributed by atoms with Crippen LogP contribution in [0.5, 0.6) is 0 Å². The van der Waals surface area contributed by atoms with Gasteiger partial charge in [-0.1, -0.05) is 34.6 Å². The second kappa shape index (κ2) is 4.58. The molecule has 0 saturated carbocycles. The van der Waals surface area contributed by atoms with Crippen LogP contribution in [0, 0.1) is 17.3 Å². The summed E-state index contributed by atoms with van der Waals surface area (Å²) in [5.41, 5.74) is -0.500. The van der Waals surface area contributed by atoms with Gasteiger partial charge in [0.15, 0.2) is 6.29 Å². The average Bonchev–Trinajstić information content (AvgIpc) is 2.15. The fourth-order valence-corrected chi connectivity index (χ4v) is 2.02. The van der Waals surface area contributed by atoms with Crippen molar-refractivity contribution in [1.82, 2.24) is 0 Å². The van der Waals surface area contributed by atoms with E-state index in [0.717, 1.165) is 6.29 Å². The van der Waals surface area contributed by atoms with Crippen LogP contribution in [-0.4, -0.2) is 22.4 Å². The molecule has 2 unspecified atom stereocenters. The Labute approximate surface area is 91.0 Å². The molecule has 3 heteroatoms. The van der Waals surface area contributed by atoms with Crippen LogP contribution < -0.4 is 0 Å². The maximum Gasteiger partial charge on any atom is 0.150 e. The molecule has 0 aliphatic rings. The number of aldehydes is 1. The SMILES string of the molecule is CC(C)C(C)(C)C(C)C(C)(C=O)O[SiH3]. The lowest BCUT2D eigenvalue weighted by Crippen LogP contribution is -2.46. The van der Waals surface area contributed by atoms with Crippen LogP contribution in [0.4, 0.5) is 0 Å². The third-order valence-corrected chi connectivity index (χ3v) is 5.02. The van der Waals surface area contributed by atoms with Crippen molar-refractivity contribution in [2.24, 2.45) is 17.3 Å². The van der Waals surface area contributed by atoms with Gasteiger partial charge in [-0.15, -0.1) is 0 Å². The first-order valence-electron chi connectivity index (χ1n) is 5.23. The third kappa shape index (κ3) is 2.45. The van der Waals surface area contributed by atoms with Gasteiger partial charge in [-0.3, -0.25) is 0 Å². The predicted octanol–water partition coefficient (Wildman–Crippen LogP) is 1.56. The molecule has 0 amide bonds.